The highest BCUT2D eigenvalue weighted by Crippen LogP contribution is 2.32. The predicted octanol–water partition coefficient (Wildman–Crippen LogP) is 2.69. The van der Waals surface area contributed by atoms with E-state index in [9.17, 15) is 0 Å². The fourth-order valence-corrected chi connectivity index (χ4v) is 3.13. The molecule has 4 heteroatoms. The standard InChI is InChI=1S/C18H22N4/c1-13-3-2-4-16(20-13)11-22-8-7-15-10-19-18(9-14-5-6-14)21-17(15)12-22/h2-4,10,14H,5-9,11-12H2,1H3. The fourth-order valence-electron chi connectivity index (χ4n) is 3.13. The van der Waals surface area contributed by atoms with Crippen LogP contribution >= 0.6 is 0 Å². The van der Waals surface area contributed by atoms with Crippen LogP contribution in [0.3, 0.4) is 0 Å². The molecule has 0 spiro atoms. The maximum absolute atomic E-state index is 4.83. The van der Waals surface area contributed by atoms with Crippen molar-refractivity contribution >= 4 is 0 Å². The van der Waals surface area contributed by atoms with Gasteiger partial charge in [0.05, 0.1) is 11.4 Å². The van der Waals surface area contributed by atoms with Gasteiger partial charge in [0.25, 0.3) is 0 Å². The van der Waals surface area contributed by atoms with Crippen molar-refractivity contribution in [3.8, 4) is 0 Å². The molecule has 1 aliphatic heterocycles. The Labute approximate surface area is 131 Å². The lowest BCUT2D eigenvalue weighted by molar-refractivity contribution is 0.237. The van der Waals surface area contributed by atoms with E-state index in [1.807, 2.05) is 13.0 Å². The first-order valence-corrected chi connectivity index (χ1v) is 8.25. The van der Waals surface area contributed by atoms with E-state index in [0.717, 1.165) is 55.6 Å². The van der Waals surface area contributed by atoms with Crippen LogP contribution in [0, 0.1) is 12.8 Å². The van der Waals surface area contributed by atoms with Crippen LogP contribution < -0.4 is 0 Å². The van der Waals surface area contributed by atoms with Crippen LogP contribution in [0.4, 0.5) is 0 Å². The van der Waals surface area contributed by atoms with E-state index in [2.05, 4.69) is 33.2 Å². The minimum atomic E-state index is 0.842. The van der Waals surface area contributed by atoms with Gasteiger partial charge >= 0.3 is 0 Å². The molecule has 0 amide bonds. The third-order valence-corrected chi connectivity index (χ3v) is 4.57. The van der Waals surface area contributed by atoms with E-state index in [1.165, 1.54) is 24.1 Å². The number of hydrogen-bond acceptors (Lipinski definition) is 4. The molecule has 4 nitrogen and oxygen atoms in total. The molecule has 2 aliphatic rings. The van der Waals surface area contributed by atoms with Crippen molar-refractivity contribution in [2.45, 2.75) is 45.7 Å². The lowest BCUT2D eigenvalue weighted by Gasteiger charge is -2.27. The Morgan fingerprint density at radius 3 is 2.95 bits per heavy atom. The first-order chi connectivity index (χ1) is 10.8. The average molecular weight is 294 g/mol. The zero-order valence-electron chi connectivity index (χ0n) is 13.1. The third kappa shape index (κ3) is 3.17. The van der Waals surface area contributed by atoms with Crippen LogP contribution in [0.2, 0.25) is 0 Å². The maximum Gasteiger partial charge on any atom is 0.128 e. The summed E-state index contributed by atoms with van der Waals surface area (Å²) in [5, 5.41) is 0. The molecule has 1 saturated carbocycles. The second kappa shape index (κ2) is 5.76. The third-order valence-electron chi connectivity index (χ3n) is 4.57. The Morgan fingerprint density at radius 1 is 1.23 bits per heavy atom. The zero-order chi connectivity index (χ0) is 14.9. The highest BCUT2D eigenvalue weighted by Gasteiger charge is 2.24. The monoisotopic (exact) mass is 294 g/mol. The smallest absolute Gasteiger partial charge is 0.128 e. The molecule has 0 atom stereocenters. The topological polar surface area (TPSA) is 41.9 Å². The van der Waals surface area contributed by atoms with E-state index in [4.69, 9.17) is 4.98 Å². The van der Waals surface area contributed by atoms with Crippen molar-refractivity contribution in [1.82, 2.24) is 19.9 Å². The maximum atomic E-state index is 4.83. The van der Waals surface area contributed by atoms with Gasteiger partial charge in [-0.05, 0) is 49.8 Å². The number of nitrogens with zero attached hydrogens (tertiary/aromatic N) is 4. The highest BCUT2D eigenvalue weighted by molar-refractivity contribution is 5.21. The van der Waals surface area contributed by atoms with Crippen molar-refractivity contribution in [2.24, 2.45) is 5.92 Å². The van der Waals surface area contributed by atoms with E-state index in [-0.39, 0.29) is 0 Å². The molecule has 114 valence electrons. The minimum absolute atomic E-state index is 0.842. The highest BCUT2D eigenvalue weighted by atomic mass is 15.1. The summed E-state index contributed by atoms with van der Waals surface area (Å²) < 4.78 is 0. The Morgan fingerprint density at radius 2 is 2.14 bits per heavy atom. The van der Waals surface area contributed by atoms with E-state index < -0.39 is 0 Å². The van der Waals surface area contributed by atoms with Gasteiger partial charge in [-0.25, -0.2) is 9.97 Å². The summed E-state index contributed by atoms with van der Waals surface area (Å²) >= 11 is 0. The summed E-state index contributed by atoms with van der Waals surface area (Å²) in [4.78, 5) is 16.4. The molecule has 1 fully saturated rings. The Balaban J connectivity index is 1.47. The van der Waals surface area contributed by atoms with Gasteiger partial charge in [0.15, 0.2) is 0 Å². The Hall–Kier alpha value is -1.81. The van der Waals surface area contributed by atoms with Gasteiger partial charge < -0.3 is 0 Å². The zero-order valence-corrected chi connectivity index (χ0v) is 13.1. The summed E-state index contributed by atoms with van der Waals surface area (Å²) in [7, 11) is 0. The molecule has 2 aromatic rings. The molecule has 3 heterocycles. The van der Waals surface area contributed by atoms with Crippen LogP contribution in [-0.2, 0) is 25.9 Å². The van der Waals surface area contributed by atoms with E-state index in [1.54, 1.807) is 0 Å². The number of aromatic nitrogens is 3. The molecular weight excluding hydrogens is 272 g/mol. The van der Waals surface area contributed by atoms with Crippen LogP contribution in [0.25, 0.3) is 0 Å². The first-order valence-electron chi connectivity index (χ1n) is 8.25. The van der Waals surface area contributed by atoms with Crippen molar-refractivity contribution in [3.63, 3.8) is 0 Å². The van der Waals surface area contributed by atoms with E-state index in [0.29, 0.717) is 0 Å². The number of fused-ring (bicyclic) bond motifs is 1. The van der Waals surface area contributed by atoms with Gasteiger partial charge in [-0.1, -0.05) is 6.07 Å². The Bertz CT molecular complexity index is 679. The van der Waals surface area contributed by atoms with Crippen molar-refractivity contribution in [1.29, 1.82) is 0 Å². The second-order valence-corrected chi connectivity index (χ2v) is 6.64. The molecule has 2 aromatic heterocycles. The number of hydrogen-bond donors (Lipinski definition) is 0. The summed E-state index contributed by atoms with van der Waals surface area (Å²) in [6.45, 7) is 4.94. The molecule has 0 radical (unpaired) electrons. The van der Waals surface area contributed by atoms with Crippen LogP contribution in [0.15, 0.2) is 24.4 Å². The van der Waals surface area contributed by atoms with Gasteiger partial charge in [-0.15, -0.1) is 0 Å². The van der Waals surface area contributed by atoms with Gasteiger partial charge in [0, 0.05) is 37.9 Å². The molecule has 1 aliphatic carbocycles. The van der Waals surface area contributed by atoms with Crippen LogP contribution in [0.1, 0.15) is 41.3 Å². The predicted molar refractivity (Wildman–Crippen MR) is 85.3 cm³/mol. The van der Waals surface area contributed by atoms with Crippen molar-refractivity contribution in [2.75, 3.05) is 6.54 Å². The SMILES string of the molecule is Cc1cccc(CN2CCc3cnc(CC4CC4)nc3C2)n1. The largest absolute Gasteiger partial charge is 0.291 e. The Kier molecular flexibility index (Phi) is 3.62. The minimum Gasteiger partial charge on any atom is -0.291 e. The normalized spacial score (nSPS) is 18.2. The first kappa shape index (κ1) is 13.8. The average Bonchev–Trinajstić information content (AvgIpc) is 3.31. The summed E-state index contributed by atoms with van der Waals surface area (Å²) in [6, 6.07) is 6.25. The van der Waals surface area contributed by atoms with Gasteiger partial charge in [-0.2, -0.15) is 0 Å². The molecule has 0 aromatic carbocycles. The molecule has 0 N–H and O–H groups in total. The van der Waals surface area contributed by atoms with Crippen LogP contribution in [-0.4, -0.2) is 26.4 Å². The number of pyridine rings is 1. The van der Waals surface area contributed by atoms with E-state index >= 15 is 0 Å². The molecule has 0 unspecified atom stereocenters. The van der Waals surface area contributed by atoms with Gasteiger partial charge in [0.2, 0.25) is 0 Å². The quantitative estimate of drug-likeness (QED) is 0.869. The lowest BCUT2D eigenvalue weighted by Crippen LogP contribution is -2.31. The summed E-state index contributed by atoms with van der Waals surface area (Å²) in [5.41, 5.74) is 4.79. The van der Waals surface area contributed by atoms with Gasteiger partial charge in [-0.3, -0.25) is 9.88 Å². The fraction of sp³-hybridized carbons (Fsp3) is 0.500. The van der Waals surface area contributed by atoms with Gasteiger partial charge in [0.1, 0.15) is 5.82 Å². The summed E-state index contributed by atoms with van der Waals surface area (Å²) in [5.74, 6) is 1.88. The summed E-state index contributed by atoms with van der Waals surface area (Å²) in [6.07, 6.45) is 6.87. The molecule has 0 bridgehead atoms. The second-order valence-electron chi connectivity index (χ2n) is 6.64. The molecular formula is C18H22N4. The molecule has 0 saturated heterocycles. The van der Waals surface area contributed by atoms with Crippen molar-refractivity contribution in [3.05, 3.63) is 52.9 Å². The number of aryl methyl sites for hydroxylation is 1. The van der Waals surface area contributed by atoms with Crippen molar-refractivity contribution < 1.29 is 0 Å². The lowest BCUT2D eigenvalue weighted by atomic mass is 10.1. The van der Waals surface area contributed by atoms with Crippen LogP contribution in [0.5, 0.6) is 0 Å². The molecule has 4 rings (SSSR count). The molecule has 22 heavy (non-hydrogen) atoms. The number of rotatable bonds is 4.